The van der Waals surface area contributed by atoms with Crippen molar-refractivity contribution in [3.05, 3.63) is 0 Å². The van der Waals surface area contributed by atoms with Gasteiger partial charge in [-0.2, -0.15) is 0 Å². The Kier molecular flexibility index (Phi) is 8.01. The van der Waals surface area contributed by atoms with Crippen LogP contribution in [0.1, 0.15) is 77.6 Å². The number of rotatable bonds is 8. The SMILES string of the molecule is CCCCS(=O)(=O)N1CCC(NC(=O)CCC2CCCCC2)CC1. The van der Waals surface area contributed by atoms with E-state index in [-0.39, 0.29) is 17.7 Å². The maximum Gasteiger partial charge on any atom is 0.220 e. The molecular weight excluding hydrogens is 324 g/mol. The van der Waals surface area contributed by atoms with E-state index in [2.05, 4.69) is 5.32 Å². The van der Waals surface area contributed by atoms with E-state index in [4.69, 9.17) is 0 Å². The predicted octanol–water partition coefficient (Wildman–Crippen LogP) is 3.06. The van der Waals surface area contributed by atoms with Crippen molar-refractivity contribution in [2.45, 2.75) is 83.6 Å². The Morgan fingerprint density at radius 1 is 1.08 bits per heavy atom. The van der Waals surface area contributed by atoms with Crippen molar-refractivity contribution >= 4 is 15.9 Å². The van der Waals surface area contributed by atoms with Crippen molar-refractivity contribution < 1.29 is 13.2 Å². The van der Waals surface area contributed by atoms with Crippen molar-refractivity contribution in [2.75, 3.05) is 18.8 Å². The van der Waals surface area contributed by atoms with Crippen molar-refractivity contribution in [1.82, 2.24) is 9.62 Å². The van der Waals surface area contributed by atoms with Crippen LogP contribution in [0.4, 0.5) is 0 Å². The van der Waals surface area contributed by atoms with Gasteiger partial charge in [0.25, 0.3) is 0 Å². The van der Waals surface area contributed by atoms with Gasteiger partial charge in [0.15, 0.2) is 0 Å². The second-order valence-electron chi connectivity index (χ2n) is 7.45. The molecule has 1 N–H and O–H groups in total. The maximum atomic E-state index is 12.2. The number of nitrogens with zero attached hydrogens (tertiary/aromatic N) is 1. The molecule has 1 aliphatic heterocycles. The highest BCUT2D eigenvalue weighted by atomic mass is 32.2. The van der Waals surface area contributed by atoms with Gasteiger partial charge in [-0.1, -0.05) is 45.4 Å². The van der Waals surface area contributed by atoms with Crippen LogP contribution in [0.25, 0.3) is 0 Å². The molecule has 0 atom stereocenters. The van der Waals surface area contributed by atoms with Crippen molar-refractivity contribution in [2.24, 2.45) is 5.92 Å². The highest BCUT2D eigenvalue weighted by Gasteiger charge is 2.28. The average Bonchev–Trinajstić information content (AvgIpc) is 2.60. The highest BCUT2D eigenvalue weighted by molar-refractivity contribution is 7.89. The van der Waals surface area contributed by atoms with E-state index < -0.39 is 10.0 Å². The third-order valence-corrected chi connectivity index (χ3v) is 7.43. The van der Waals surface area contributed by atoms with Gasteiger partial charge >= 0.3 is 0 Å². The third-order valence-electron chi connectivity index (χ3n) is 5.47. The summed E-state index contributed by atoms with van der Waals surface area (Å²) >= 11 is 0. The van der Waals surface area contributed by atoms with Gasteiger partial charge in [-0.05, 0) is 31.6 Å². The molecule has 1 saturated heterocycles. The fourth-order valence-electron chi connectivity index (χ4n) is 3.85. The molecule has 5 nitrogen and oxygen atoms in total. The van der Waals surface area contributed by atoms with Crippen LogP contribution in [0.5, 0.6) is 0 Å². The molecule has 0 aromatic heterocycles. The molecule has 6 heteroatoms. The Bertz CT molecular complexity index is 478. The van der Waals surface area contributed by atoms with Crippen LogP contribution in [0.3, 0.4) is 0 Å². The third kappa shape index (κ3) is 6.36. The lowest BCUT2D eigenvalue weighted by atomic mass is 9.86. The normalized spacial score (nSPS) is 21.7. The van der Waals surface area contributed by atoms with Gasteiger partial charge in [-0.3, -0.25) is 4.79 Å². The van der Waals surface area contributed by atoms with Gasteiger partial charge in [0, 0.05) is 25.6 Å². The molecule has 2 rings (SSSR count). The maximum absolute atomic E-state index is 12.2. The molecule has 0 spiro atoms. The minimum absolute atomic E-state index is 0.140. The smallest absolute Gasteiger partial charge is 0.220 e. The summed E-state index contributed by atoms with van der Waals surface area (Å²) in [6.45, 7) is 3.09. The molecule has 2 aliphatic rings. The Balaban J connectivity index is 1.65. The van der Waals surface area contributed by atoms with Crippen molar-refractivity contribution in [1.29, 1.82) is 0 Å². The number of piperidine rings is 1. The number of nitrogens with one attached hydrogen (secondary N) is 1. The van der Waals surface area contributed by atoms with E-state index in [1.807, 2.05) is 6.92 Å². The first-order valence-corrected chi connectivity index (χ1v) is 11.4. The number of carbonyl (C=O) groups excluding carboxylic acids is 1. The average molecular weight is 359 g/mol. The van der Waals surface area contributed by atoms with Crippen LogP contribution in [-0.2, 0) is 14.8 Å². The molecule has 2 fully saturated rings. The zero-order valence-electron chi connectivity index (χ0n) is 15.1. The van der Waals surface area contributed by atoms with Gasteiger partial charge in [-0.15, -0.1) is 0 Å². The standard InChI is InChI=1S/C18H34N2O3S/c1-2-3-15-24(22,23)20-13-11-17(12-14-20)19-18(21)10-9-16-7-5-4-6-8-16/h16-17H,2-15H2,1H3,(H,19,21). The van der Waals surface area contributed by atoms with Gasteiger partial charge in [0.2, 0.25) is 15.9 Å². The Morgan fingerprint density at radius 2 is 1.75 bits per heavy atom. The molecule has 1 heterocycles. The molecule has 1 aliphatic carbocycles. The summed E-state index contributed by atoms with van der Waals surface area (Å²) in [5.41, 5.74) is 0. The summed E-state index contributed by atoms with van der Waals surface area (Å²) in [6, 6.07) is 0.140. The largest absolute Gasteiger partial charge is 0.353 e. The summed E-state index contributed by atoms with van der Waals surface area (Å²) in [6.07, 6.45) is 11.3. The number of sulfonamides is 1. The minimum atomic E-state index is -3.10. The monoisotopic (exact) mass is 358 g/mol. The Morgan fingerprint density at radius 3 is 2.38 bits per heavy atom. The summed E-state index contributed by atoms with van der Waals surface area (Å²) in [4.78, 5) is 12.1. The van der Waals surface area contributed by atoms with Crippen LogP contribution >= 0.6 is 0 Å². The molecule has 0 bridgehead atoms. The molecule has 140 valence electrons. The van der Waals surface area contributed by atoms with Crippen molar-refractivity contribution in [3.63, 3.8) is 0 Å². The van der Waals surface area contributed by atoms with E-state index in [1.165, 1.54) is 32.1 Å². The van der Waals surface area contributed by atoms with Crippen LogP contribution in [0.2, 0.25) is 0 Å². The summed E-state index contributed by atoms with van der Waals surface area (Å²) in [5.74, 6) is 1.13. The summed E-state index contributed by atoms with van der Waals surface area (Å²) < 4.78 is 26.0. The molecular formula is C18H34N2O3S. The van der Waals surface area contributed by atoms with Crippen LogP contribution in [0, 0.1) is 5.92 Å². The lowest BCUT2D eigenvalue weighted by molar-refractivity contribution is -0.122. The molecule has 0 aromatic rings. The van der Waals surface area contributed by atoms with E-state index in [9.17, 15) is 13.2 Å². The van der Waals surface area contributed by atoms with Crippen molar-refractivity contribution in [3.8, 4) is 0 Å². The van der Waals surface area contributed by atoms with E-state index in [1.54, 1.807) is 4.31 Å². The first kappa shape index (κ1) is 19.7. The van der Waals surface area contributed by atoms with E-state index in [0.717, 1.165) is 38.0 Å². The molecule has 0 aromatic carbocycles. The number of unbranched alkanes of at least 4 members (excludes halogenated alkanes) is 1. The first-order valence-electron chi connectivity index (χ1n) is 9.78. The van der Waals surface area contributed by atoms with Crippen LogP contribution < -0.4 is 5.32 Å². The summed E-state index contributed by atoms with van der Waals surface area (Å²) in [5, 5.41) is 3.11. The minimum Gasteiger partial charge on any atom is -0.353 e. The lowest BCUT2D eigenvalue weighted by Crippen LogP contribution is -2.47. The first-order chi connectivity index (χ1) is 11.5. The van der Waals surface area contributed by atoms with E-state index >= 15 is 0 Å². The topological polar surface area (TPSA) is 66.5 Å². The predicted molar refractivity (Wildman–Crippen MR) is 97.2 cm³/mol. The molecule has 0 radical (unpaired) electrons. The second-order valence-corrected chi connectivity index (χ2v) is 9.54. The van der Waals surface area contributed by atoms with Gasteiger partial charge in [0.05, 0.1) is 5.75 Å². The zero-order chi connectivity index (χ0) is 17.4. The lowest BCUT2D eigenvalue weighted by Gasteiger charge is -2.31. The fraction of sp³-hybridized carbons (Fsp3) is 0.944. The quantitative estimate of drug-likeness (QED) is 0.725. The van der Waals surface area contributed by atoms with Gasteiger partial charge in [-0.25, -0.2) is 12.7 Å². The number of hydrogen-bond acceptors (Lipinski definition) is 3. The molecule has 1 saturated carbocycles. The van der Waals surface area contributed by atoms with Crippen LogP contribution in [0.15, 0.2) is 0 Å². The van der Waals surface area contributed by atoms with E-state index in [0.29, 0.717) is 19.5 Å². The molecule has 1 amide bonds. The molecule has 24 heavy (non-hydrogen) atoms. The summed E-state index contributed by atoms with van der Waals surface area (Å²) in [7, 11) is -3.10. The van der Waals surface area contributed by atoms with Crippen LogP contribution in [-0.4, -0.2) is 43.5 Å². The number of carbonyl (C=O) groups is 1. The number of hydrogen-bond donors (Lipinski definition) is 1. The van der Waals surface area contributed by atoms with Gasteiger partial charge < -0.3 is 5.32 Å². The Hall–Kier alpha value is -0.620. The second kappa shape index (κ2) is 9.76. The zero-order valence-corrected chi connectivity index (χ0v) is 16.0. The Labute approximate surface area is 147 Å². The highest BCUT2D eigenvalue weighted by Crippen LogP contribution is 2.27. The fourth-order valence-corrected chi connectivity index (χ4v) is 5.52. The molecule has 0 unspecified atom stereocenters. The van der Waals surface area contributed by atoms with Gasteiger partial charge in [0.1, 0.15) is 0 Å². The number of amides is 1.